The molecule has 3 aromatic rings. The molecule has 7 heteroatoms. The maximum atomic E-state index is 12.7. The van der Waals surface area contributed by atoms with E-state index in [0.717, 1.165) is 23.2 Å². The summed E-state index contributed by atoms with van der Waals surface area (Å²) in [6.45, 7) is 5.12. The zero-order valence-electron chi connectivity index (χ0n) is 17.2. The third kappa shape index (κ3) is 4.25. The summed E-state index contributed by atoms with van der Waals surface area (Å²) in [5, 5.41) is 7.29. The Bertz CT molecular complexity index is 1060. The number of carbonyl (C=O) groups excluding carboxylic acids is 2. The molecule has 1 N–H and O–H groups in total. The van der Waals surface area contributed by atoms with Crippen LogP contribution in [0.15, 0.2) is 55.0 Å². The molecule has 0 aliphatic carbocycles. The molecule has 154 valence electrons. The number of hydrogen-bond acceptors (Lipinski definition) is 4. The summed E-state index contributed by atoms with van der Waals surface area (Å²) in [6, 6.07) is 11.6. The highest BCUT2D eigenvalue weighted by Crippen LogP contribution is 2.29. The van der Waals surface area contributed by atoms with Gasteiger partial charge in [-0.25, -0.2) is 0 Å². The van der Waals surface area contributed by atoms with E-state index in [2.05, 4.69) is 15.4 Å². The molecule has 7 nitrogen and oxygen atoms in total. The lowest BCUT2D eigenvalue weighted by molar-refractivity contribution is -0.122. The fraction of sp³-hybridized carbons (Fsp3) is 0.304. The van der Waals surface area contributed by atoms with Crippen molar-refractivity contribution in [3.63, 3.8) is 0 Å². The molecule has 0 bridgehead atoms. The van der Waals surface area contributed by atoms with E-state index in [-0.39, 0.29) is 24.2 Å². The van der Waals surface area contributed by atoms with E-state index in [9.17, 15) is 9.59 Å². The van der Waals surface area contributed by atoms with Crippen molar-refractivity contribution in [3.8, 4) is 0 Å². The molecule has 2 aromatic heterocycles. The number of nitrogens with zero attached hydrogens (tertiary/aromatic N) is 4. The Hall–Kier alpha value is -3.48. The number of aryl methyl sites for hydroxylation is 3. The van der Waals surface area contributed by atoms with Gasteiger partial charge in [-0.3, -0.25) is 19.3 Å². The van der Waals surface area contributed by atoms with Crippen LogP contribution in [0.3, 0.4) is 0 Å². The first kappa shape index (κ1) is 19.8. The summed E-state index contributed by atoms with van der Waals surface area (Å²) >= 11 is 0. The van der Waals surface area contributed by atoms with Crippen molar-refractivity contribution < 1.29 is 9.59 Å². The molecule has 1 atom stereocenters. The maximum absolute atomic E-state index is 12.7. The zero-order valence-corrected chi connectivity index (χ0v) is 17.2. The molecule has 0 saturated carbocycles. The number of benzene rings is 1. The van der Waals surface area contributed by atoms with Crippen LogP contribution in [0.4, 0.5) is 11.5 Å². The van der Waals surface area contributed by atoms with Gasteiger partial charge in [-0.1, -0.05) is 12.1 Å². The van der Waals surface area contributed by atoms with Crippen molar-refractivity contribution in [3.05, 3.63) is 71.7 Å². The standard InChI is InChI=1S/C23H25N5O2/c1-16-4-3-5-20(17(16)2)28-15-19(14-22(28)29)23(30)25-21-9-13-27(26-21)12-8-18-6-10-24-11-7-18/h3-7,9-11,13,19H,8,12,14-15H2,1-2H3,(H,25,26,30). The average Bonchev–Trinajstić information content (AvgIpc) is 3.36. The van der Waals surface area contributed by atoms with Crippen LogP contribution in [0.2, 0.25) is 0 Å². The van der Waals surface area contributed by atoms with Crippen LogP contribution >= 0.6 is 0 Å². The summed E-state index contributed by atoms with van der Waals surface area (Å²) in [5.41, 5.74) is 4.27. The van der Waals surface area contributed by atoms with Gasteiger partial charge >= 0.3 is 0 Å². The third-order valence-electron chi connectivity index (χ3n) is 5.63. The lowest BCUT2D eigenvalue weighted by atomic mass is 10.1. The summed E-state index contributed by atoms with van der Waals surface area (Å²) in [5.74, 6) is -0.0750. The average molecular weight is 403 g/mol. The van der Waals surface area contributed by atoms with Crippen LogP contribution in [0.1, 0.15) is 23.1 Å². The molecule has 30 heavy (non-hydrogen) atoms. The first-order chi connectivity index (χ1) is 14.5. The number of nitrogens with one attached hydrogen (secondary N) is 1. The molecule has 1 saturated heterocycles. The molecular weight excluding hydrogens is 378 g/mol. The van der Waals surface area contributed by atoms with E-state index in [1.165, 1.54) is 5.56 Å². The van der Waals surface area contributed by atoms with Gasteiger partial charge in [-0.2, -0.15) is 5.10 Å². The normalized spacial score (nSPS) is 16.1. The number of pyridine rings is 1. The van der Waals surface area contributed by atoms with Crippen molar-refractivity contribution in [2.75, 3.05) is 16.8 Å². The number of rotatable bonds is 6. The van der Waals surface area contributed by atoms with Crippen LogP contribution in [0.25, 0.3) is 0 Å². The first-order valence-corrected chi connectivity index (χ1v) is 10.1. The first-order valence-electron chi connectivity index (χ1n) is 10.1. The van der Waals surface area contributed by atoms with Crippen LogP contribution in [0, 0.1) is 19.8 Å². The number of hydrogen-bond donors (Lipinski definition) is 1. The minimum atomic E-state index is -0.389. The van der Waals surface area contributed by atoms with Gasteiger partial charge in [0.25, 0.3) is 0 Å². The van der Waals surface area contributed by atoms with Crippen LogP contribution < -0.4 is 10.2 Å². The smallest absolute Gasteiger partial charge is 0.231 e. The van der Waals surface area contributed by atoms with Gasteiger partial charge in [-0.05, 0) is 55.2 Å². The molecule has 3 heterocycles. The minimum Gasteiger partial charge on any atom is -0.311 e. The Labute approximate surface area is 175 Å². The topological polar surface area (TPSA) is 80.1 Å². The van der Waals surface area contributed by atoms with E-state index >= 15 is 0 Å². The van der Waals surface area contributed by atoms with E-state index in [4.69, 9.17) is 0 Å². The van der Waals surface area contributed by atoms with Crippen molar-refractivity contribution in [1.29, 1.82) is 0 Å². The second-order valence-electron chi connectivity index (χ2n) is 7.68. The largest absolute Gasteiger partial charge is 0.311 e. The van der Waals surface area contributed by atoms with E-state index in [0.29, 0.717) is 18.9 Å². The van der Waals surface area contributed by atoms with Crippen molar-refractivity contribution in [1.82, 2.24) is 14.8 Å². The number of aromatic nitrogens is 3. The summed E-state index contributed by atoms with van der Waals surface area (Å²) < 4.78 is 1.80. The van der Waals surface area contributed by atoms with Gasteiger partial charge in [0.15, 0.2) is 5.82 Å². The maximum Gasteiger partial charge on any atom is 0.231 e. The molecule has 1 aromatic carbocycles. The molecular formula is C23H25N5O2. The Morgan fingerprint density at radius 3 is 2.77 bits per heavy atom. The van der Waals surface area contributed by atoms with E-state index < -0.39 is 0 Å². The highest BCUT2D eigenvalue weighted by molar-refractivity contribution is 6.03. The monoisotopic (exact) mass is 403 g/mol. The van der Waals surface area contributed by atoms with E-state index in [1.807, 2.05) is 50.4 Å². The van der Waals surface area contributed by atoms with Gasteiger partial charge in [0.05, 0.1) is 5.92 Å². The quantitative estimate of drug-likeness (QED) is 0.686. The zero-order chi connectivity index (χ0) is 21.1. The molecule has 0 radical (unpaired) electrons. The number of anilines is 2. The SMILES string of the molecule is Cc1cccc(N2CC(C(=O)Nc3ccn(CCc4ccncc4)n3)CC2=O)c1C. The molecule has 1 fully saturated rings. The molecule has 1 aliphatic heterocycles. The molecule has 1 unspecified atom stereocenters. The van der Waals surface area contributed by atoms with Crippen molar-refractivity contribution in [2.45, 2.75) is 33.2 Å². The highest BCUT2D eigenvalue weighted by atomic mass is 16.2. The number of carbonyl (C=O) groups is 2. The lowest BCUT2D eigenvalue weighted by Crippen LogP contribution is -2.28. The van der Waals surface area contributed by atoms with E-state index in [1.54, 1.807) is 28.0 Å². The van der Waals surface area contributed by atoms with Gasteiger partial charge in [0.1, 0.15) is 0 Å². The van der Waals surface area contributed by atoms with Crippen molar-refractivity contribution >= 4 is 23.3 Å². The predicted octanol–water partition coefficient (Wildman–Crippen LogP) is 3.13. The fourth-order valence-electron chi connectivity index (χ4n) is 3.72. The third-order valence-corrected chi connectivity index (χ3v) is 5.63. The van der Waals surface area contributed by atoms with Gasteiger partial charge < -0.3 is 10.2 Å². The molecule has 1 aliphatic rings. The van der Waals surface area contributed by atoms with Crippen LogP contribution in [0.5, 0.6) is 0 Å². The Morgan fingerprint density at radius 1 is 1.17 bits per heavy atom. The second kappa shape index (κ2) is 8.49. The molecule has 4 rings (SSSR count). The molecule has 2 amide bonds. The van der Waals surface area contributed by atoms with Crippen LogP contribution in [-0.4, -0.2) is 33.1 Å². The predicted molar refractivity (Wildman–Crippen MR) is 115 cm³/mol. The van der Waals surface area contributed by atoms with Gasteiger partial charge in [-0.15, -0.1) is 0 Å². The summed E-state index contributed by atoms with van der Waals surface area (Å²) in [6.07, 6.45) is 6.43. The van der Waals surface area contributed by atoms with Crippen LogP contribution in [-0.2, 0) is 22.6 Å². The Morgan fingerprint density at radius 2 is 1.97 bits per heavy atom. The summed E-state index contributed by atoms with van der Waals surface area (Å²) in [7, 11) is 0. The van der Waals surface area contributed by atoms with Gasteiger partial charge in [0, 0.05) is 49.9 Å². The molecule has 0 spiro atoms. The number of amides is 2. The Kier molecular flexibility index (Phi) is 5.61. The second-order valence-corrected chi connectivity index (χ2v) is 7.68. The van der Waals surface area contributed by atoms with Gasteiger partial charge in [0.2, 0.25) is 11.8 Å². The Balaban J connectivity index is 1.36. The summed E-state index contributed by atoms with van der Waals surface area (Å²) in [4.78, 5) is 31.0. The fourth-order valence-corrected chi connectivity index (χ4v) is 3.72. The minimum absolute atomic E-state index is 0.0215. The van der Waals surface area contributed by atoms with Crippen molar-refractivity contribution in [2.24, 2.45) is 5.92 Å². The highest BCUT2D eigenvalue weighted by Gasteiger charge is 2.36. The lowest BCUT2D eigenvalue weighted by Gasteiger charge is -2.20.